The molecule has 0 N–H and O–H groups in total. The number of esters is 1. The second-order valence-corrected chi connectivity index (χ2v) is 7.17. The molecule has 0 amide bonds. The van der Waals surface area contributed by atoms with Gasteiger partial charge in [-0.15, -0.1) is 0 Å². The summed E-state index contributed by atoms with van der Waals surface area (Å²) in [6.07, 6.45) is 20.7. The molecule has 0 atom stereocenters. The largest absolute Gasteiger partial charge is 0.452 e. The third kappa shape index (κ3) is 19.8. The lowest BCUT2D eigenvalue weighted by Crippen LogP contribution is -2.04. The van der Waals surface area contributed by atoms with E-state index in [0.717, 1.165) is 12.8 Å². The van der Waals surface area contributed by atoms with Gasteiger partial charge in [0.1, 0.15) is 0 Å². The smallest absolute Gasteiger partial charge is 0.306 e. The highest BCUT2D eigenvalue weighted by atomic mass is 127. The summed E-state index contributed by atoms with van der Waals surface area (Å²) in [5, 5.41) is 0. The Bertz CT molecular complexity index is 330. The van der Waals surface area contributed by atoms with Crippen LogP contribution in [-0.2, 0) is 9.53 Å². The highest BCUT2D eigenvalue weighted by Crippen LogP contribution is 2.13. The second-order valence-electron chi connectivity index (χ2n) is 6.63. The van der Waals surface area contributed by atoms with Crippen molar-refractivity contribution in [1.82, 2.24) is 0 Å². The van der Waals surface area contributed by atoms with E-state index in [1.165, 1.54) is 83.5 Å². The van der Waals surface area contributed by atoms with Gasteiger partial charge < -0.3 is 4.74 Å². The van der Waals surface area contributed by atoms with E-state index in [-0.39, 0.29) is 12.6 Å². The monoisotopic (exact) mass is 448 g/mol. The fourth-order valence-corrected chi connectivity index (χ4v) is 3.01. The molecule has 0 aromatic carbocycles. The molecule has 0 unspecified atom stereocenters. The fraction of sp³-hybridized carbons (Fsp3) is 0.857. The van der Waals surface area contributed by atoms with E-state index in [1.54, 1.807) is 0 Å². The number of halogens is 1. The number of ether oxygens (including phenoxy) is 1. The van der Waals surface area contributed by atoms with Crippen LogP contribution in [0.15, 0.2) is 0 Å². The van der Waals surface area contributed by atoms with Crippen LogP contribution < -0.4 is 0 Å². The van der Waals surface area contributed by atoms with Crippen LogP contribution in [0.4, 0.5) is 0 Å². The quantitative estimate of drug-likeness (QED) is 0.102. The lowest BCUT2D eigenvalue weighted by Gasteiger charge is -2.03. The van der Waals surface area contributed by atoms with Crippen LogP contribution in [0.2, 0.25) is 0 Å². The average molecular weight is 448 g/mol. The van der Waals surface area contributed by atoms with Gasteiger partial charge in [-0.1, -0.05) is 103 Å². The molecule has 3 heteroatoms. The van der Waals surface area contributed by atoms with E-state index < -0.39 is 0 Å². The molecule has 140 valence electrons. The molecule has 0 aliphatic rings. The highest BCUT2D eigenvalue weighted by molar-refractivity contribution is 14.1. The minimum Gasteiger partial charge on any atom is -0.452 e. The molecule has 0 aromatic heterocycles. The zero-order valence-electron chi connectivity index (χ0n) is 15.7. The molecule has 0 bridgehead atoms. The Morgan fingerprint density at radius 1 is 0.750 bits per heavy atom. The van der Waals surface area contributed by atoms with Crippen LogP contribution in [0.3, 0.4) is 0 Å². The minimum atomic E-state index is -0.108. The summed E-state index contributed by atoms with van der Waals surface area (Å²) in [6, 6.07) is 0. The number of rotatable bonds is 17. The standard InChI is InChI=1S/C21H37IO2/c1-2-3-4-5-6-7-8-9-10-11-12-13-14-15-16-18-21(23)24-20-17-19-22/h2-16,18,20H2,1H3. The maximum atomic E-state index is 11.4. The Balaban J connectivity index is 3.09. The Morgan fingerprint density at radius 3 is 1.58 bits per heavy atom. The van der Waals surface area contributed by atoms with Crippen molar-refractivity contribution in [3.05, 3.63) is 0 Å². The Labute approximate surface area is 164 Å². The molecule has 2 nitrogen and oxygen atoms in total. The molecular weight excluding hydrogens is 411 g/mol. The lowest BCUT2D eigenvalue weighted by atomic mass is 10.0. The van der Waals surface area contributed by atoms with E-state index in [0.29, 0.717) is 6.42 Å². The number of carbonyl (C=O) groups is 1. The van der Waals surface area contributed by atoms with Crippen molar-refractivity contribution in [2.24, 2.45) is 0 Å². The van der Waals surface area contributed by atoms with Gasteiger partial charge in [-0.25, -0.2) is 0 Å². The molecule has 24 heavy (non-hydrogen) atoms. The van der Waals surface area contributed by atoms with E-state index in [1.807, 2.05) is 22.6 Å². The number of hydrogen-bond acceptors (Lipinski definition) is 2. The van der Waals surface area contributed by atoms with Crippen molar-refractivity contribution in [3.63, 3.8) is 0 Å². The zero-order valence-corrected chi connectivity index (χ0v) is 17.9. The van der Waals surface area contributed by atoms with Crippen molar-refractivity contribution >= 4 is 28.6 Å². The topological polar surface area (TPSA) is 26.3 Å². The normalized spacial score (nSPS) is 10.2. The Kier molecular flexibility index (Phi) is 20.6. The predicted molar refractivity (Wildman–Crippen MR) is 112 cm³/mol. The van der Waals surface area contributed by atoms with Crippen LogP contribution in [0.25, 0.3) is 0 Å². The van der Waals surface area contributed by atoms with E-state index in [2.05, 4.69) is 16.8 Å². The molecule has 0 saturated carbocycles. The molecular formula is C21H37IO2. The van der Waals surface area contributed by atoms with Gasteiger partial charge in [0.15, 0.2) is 6.61 Å². The van der Waals surface area contributed by atoms with Crippen LogP contribution in [0.5, 0.6) is 0 Å². The third-order valence-corrected chi connectivity index (χ3v) is 4.74. The summed E-state index contributed by atoms with van der Waals surface area (Å²) >= 11 is 1.95. The summed E-state index contributed by atoms with van der Waals surface area (Å²) < 4.78 is 7.67. The van der Waals surface area contributed by atoms with Crippen LogP contribution in [0.1, 0.15) is 110 Å². The molecule has 0 aliphatic heterocycles. The van der Waals surface area contributed by atoms with Gasteiger partial charge in [-0.05, 0) is 10.3 Å². The van der Waals surface area contributed by atoms with Crippen molar-refractivity contribution in [2.45, 2.75) is 110 Å². The van der Waals surface area contributed by atoms with Crippen LogP contribution in [0, 0.1) is 9.85 Å². The zero-order chi connectivity index (χ0) is 17.7. The Morgan fingerprint density at radius 2 is 1.17 bits per heavy atom. The summed E-state index contributed by atoms with van der Waals surface area (Å²) in [4.78, 5) is 11.4. The average Bonchev–Trinajstić information content (AvgIpc) is 2.58. The SMILES string of the molecule is CCCCCCCCCCCCCCCCCC(=O)OCC#CI. The minimum absolute atomic E-state index is 0.108. The van der Waals surface area contributed by atoms with Gasteiger partial charge in [0.05, 0.1) is 0 Å². The van der Waals surface area contributed by atoms with E-state index >= 15 is 0 Å². The molecule has 0 spiro atoms. The van der Waals surface area contributed by atoms with Gasteiger partial charge >= 0.3 is 5.97 Å². The number of unbranched alkanes of at least 4 members (excludes halogenated alkanes) is 14. The van der Waals surface area contributed by atoms with Crippen molar-refractivity contribution in [2.75, 3.05) is 6.61 Å². The van der Waals surface area contributed by atoms with Gasteiger partial charge in [0, 0.05) is 29.0 Å². The lowest BCUT2D eigenvalue weighted by molar-refractivity contribution is -0.142. The Hall–Kier alpha value is -0.240. The summed E-state index contributed by atoms with van der Waals surface area (Å²) in [5.74, 6) is 2.62. The van der Waals surface area contributed by atoms with Crippen LogP contribution in [-0.4, -0.2) is 12.6 Å². The van der Waals surface area contributed by atoms with Gasteiger partial charge in [0.2, 0.25) is 0 Å². The summed E-state index contributed by atoms with van der Waals surface area (Å²) in [5.41, 5.74) is 0. The molecule has 0 aromatic rings. The maximum Gasteiger partial charge on any atom is 0.306 e. The van der Waals surface area contributed by atoms with Gasteiger partial charge in [-0.2, -0.15) is 0 Å². The molecule has 0 aliphatic carbocycles. The molecule has 0 rings (SSSR count). The molecule has 0 fully saturated rings. The second kappa shape index (κ2) is 20.8. The maximum absolute atomic E-state index is 11.4. The first kappa shape index (κ1) is 23.8. The fourth-order valence-electron chi connectivity index (χ4n) is 2.86. The highest BCUT2D eigenvalue weighted by Gasteiger charge is 2.01. The first-order valence-electron chi connectivity index (χ1n) is 10.1. The van der Waals surface area contributed by atoms with Crippen molar-refractivity contribution in [3.8, 4) is 9.85 Å². The van der Waals surface area contributed by atoms with Crippen LogP contribution >= 0.6 is 22.6 Å². The van der Waals surface area contributed by atoms with Crippen molar-refractivity contribution < 1.29 is 9.53 Å². The predicted octanol–water partition coefficient (Wildman–Crippen LogP) is 7.19. The van der Waals surface area contributed by atoms with Gasteiger partial charge in [0.25, 0.3) is 0 Å². The van der Waals surface area contributed by atoms with E-state index in [4.69, 9.17) is 4.74 Å². The summed E-state index contributed by atoms with van der Waals surface area (Å²) in [6.45, 7) is 2.51. The molecule has 0 saturated heterocycles. The first-order valence-corrected chi connectivity index (χ1v) is 11.1. The van der Waals surface area contributed by atoms with Crippen molar-refractivity contribution in [1.29, 1.82) is 0 Å². The third-order valence-electron chi connectivity index (χ3n) is 4.36. The number of carbonyl (C=O) groups excluding carboxylic acids is 1. The first-order chi connectivity index (χ1) is 11.8. The summed E-state index contributed by atoms with van der Waals surface area (Å²) in [7, 11) is 0. The molecule has 0 heterocycles. The van der Waals surface area contributed by atoms with Gasteiger partial charge in [-0.3, -0.25) is 4.79 Å². The molecule has 0 radical (unpaired) electrons. The number of hydrogen-bond donors (Lipinski definition) is 0. The van der Waals surface area contributed by atoms with E-state index in [9.17, 15) is 4.79 Å².